The molecule has 3 rings (SSSR count). The van der Waals surface area contributed by atoms with Gasteiger partial charge in [-0.1, -0.05) is 41.9 Å². The molecule has 0 saturated heterocycles. The van der Waals surface area contributed by atoms with E-state index < -0.39 is 17.6 Å². The molecule has 3 aromatic rings. The second kappa shape index (κ2) is 7.98. The predicted octanol–water partition coefficient (Wildman–Crippen LogP) is 5.30. The molecule has 144 valence electrons. The summed E-state index contributed by atoms with van der Waals surface area (Å²) in [5.41, 5.74) is 0.564. The summed E-state index contributed by atoms with van der Waals surface area (Å²) < 4.78 is 38.6. The highest BCUT2D eigenvalue weighted by Crippen LogP contribution is 2.34. The minimum absolute atomic E-state index is 0.000573. The fraction of sp³-hybridized carbons (Fsp3) is 0.150. The van der Waals surface area contributed by atoms with Crippen LogP contribution in [0, 0.1) is 6.92 Å². The third-order valence-electron chi connectivity index (χ3n) is 4.02. The Balaban J connectivity index is 1.80. The summed E-state index contributed by atoms with van der Waals surface area (Å²) in [5, 5.41) is 2.40. The summed E-state index contributed by atoms with van der Waals surface area (Å²) in [6.07, 6.45) is -2.68. The Bertz CT molecular complexity index is 1010. The summed E-state index contributed by atoms with van der Waals surface area (Å²) in [4.78, 5) is 21.0. The van der Waals surface area contributed by atoms with E-state index in [1.54, 1.807) is 6.92 Å². The molecule has 8 heteroatoms. The molecule has 1 heterocycles. The van der Waals surface area contributed by atoms with Crippen LogP contribution in [0.25, 0.3) is 0 Å². The van der Waals surface area contributed by atoms with Gasteiger partial charge in [0.2, 0.25) is 0 Å². The van der Waals surface area contributed by atoms with Gasteiger partial charge in [-0.3, -0.25) is 4.79 Å². The number of nitrogens with one attached hydrogen (secondary N) is 1. The Morgan fingerprint density at radius 1 is 1.14 bits per heavy atom. The van der Waals surface area contributed by atoms with E-state index in [1.807, 2.05) is 30.3 Å². The van der Waals surface area contributed by atoms with Crippen molar-refractivity contribution < 1.29 is 18.0 Å². The number of carbonyl (C=O) groups is 1. The molecule has 2 aromatic carbocycles. The number of anilines is 1. The fourth-order valence-electron chi connectivity index (χ4n) is 2.59. The van der Waals surface area contributed by atoms with Crippen molar-refractivity contribution in [2.24, 2.45) is 0 Å². The molecule has 0 aliphatic heterocycles. The van der Waals surface area contributed by atoms with E-state index in [2.05, 4.69) is 15.3 Å². The van der Waals surface area contributed by atoms with Crippen molar-refractivity contribution in [1.82, 2.24) is 9.97 Å². The van der Waals surface area contributed by atoms with Crippen LogP contribution in [0.4, 0.5) is 18.9 Å². The molecule has 0 unspecified atom stereocenters. The molecule has 1 amide bonds. The number of carbonyl (C=O) groups excluding carboxylic acids is 1. The first-order valence-electron chi connectivity index (χ1n) is 8.28. The fourth-order valence-corrected chi connectivity index (χ4v) is 2.75. The number of aromatic nitrogens is 2. The van der Waals surface area contributed by atoms with Crippen molar-refractivity contribution in [2.75, 3.05) is 5.32 Å². The topological polar surface area (TPSA) is 54.9 Å². The molecule has 0 spiro atoms. The number of aryl methyl sites for hydroxylation is 1. The van der Waals surface area contributed by atoms with Crippen molar-refractivity contribution in [3.8, 4) is 0 Å². The van der Waals surface area contributed by atoms with E-state index in [0.29, 0.717) is 17.9 Å². The van der Waals surface area contributed by atoms with Crippen molar-refractivity contribution in [2.45, 2.75) is 19.5 Å². The number of hydrogen-bond donors (Lipinski definition) is 1. The lowest BCUT2D eigenvalue weighted by molar-refractivity contribution is -0.137. The van der Waals surface area contributed by atoms with E-state index in [9.17, 15) is 18.0 Å². The highest BCUT2D eigenvalue weighted by atomic mass is 35.5. The number of rotatable bonds is 4. The van der Waals surface area contributed by atoms with Gasteiger partial charge in [-0.2, -0.15) is 13.2 Å². The second-order valence-electron chi connectivity index (χ2n) is 6.09. The Kier molecular flexibility index (Phi) is 5.65. The monoisotopic (exact) mass is 405 g/mol. The van der Waals surface area contributed by atoms with Crippen LogP contribution in [-0.2, 0) is 12.6 Å². The van der Waals surface area contributed by atoms with Gasteiger partial charge in [0.25, 0.3) is 5.91 Å². The Hall–Kier alpha value is -2.93. The molecule has 1 N–H and O–H groups in total. The highest BCUT2D eigenvalue weighted by molar-refractivity contribution is 6.34. The Labute approximate surface area is 164 Å². The van der Waals surface area contributed by atoms with Gasteiger partial charge >= 0.3 is 6.18 Å². The minimum atomic E-state index is -4.54. The number of amides is 1. The van der Waals surface area contributed by atoms with Gasteiger partial charge in [-0.05, 0) is 30.7 Å². The summed E-state index contributed by atoms with van der Waals surface area (Å²) in [7, 11) is 0. The zero-order valence-electron chi connectivity index (χ0n) is 14.7. The van der Waals surface area contributed by atoms with E-state index >= 15 is 0 Å². The van der Waals surface area contributed by atoms with Crippen LogP contribution < -0.4 is 5.32 Å². The van der Waals surface area contributed by atoms with Gasteiger partial charge in [-0.15, -0.1) is 0 Å². The predicted molar refractivity (Wildman–Crippen MR) is 100 cm³/mol. The van der Waals surface area contributed by atoms with Crippen molar-refractivity contribution >= 4 is 23.2 Å². The first kappa shape index (κ1) is 19.8. The van der Waals surface area contributed by atoms with Gasteiger partial charge in [0.15, 0.2) is 0 Å². The molecule has 0 bridgehead atoms. The van der Waals surface area contributed by atoms with E-state index in [1.165, 1.54) is 6.20 Å². The Morgan fingerprint density at radius 2 is 1.86 bits per heavy atom. The van der Waals surface area contributed by atoms with Gasteiger partial charge in [0.05, 0.1) is 27.5 Å². The van der Waals surface area contributed by atoms with Crippen LogP contribution in [0.2, 0.25) is 5.02 Å². The lowest BCUT2D eigenvalue weighted by Gasteiger charge is -2.12. The maximum atomic E-state index is 12.9. The zero-order chi connectivity index (χ0) is 20.3. The standard InChI is InChI=1S/C20H15ClF3N3O/c1-12-15(11-25-18(26-12)9-13-5-3-2-4-6-13)19(28)27-17-10-14(20(22,23)24)7-8-16(17)21/h2-8,10-11H,9H2,1H3,(H,27,28). The summed E-state index contributed by atoms with van der Waals surface area (Å²) in [6, 6.07) is 12.3. The van der Waals surface area contributed by atoms with Crippen LogP contribution in [0.1, 0.15) is 33.0 Å². The summed E-state index contributed by atoms with van der Waals surface area (Å²) in [5.74, 6) is -0.0951. The van der Waals surface area contributed by atoms with Crippen LogP contribution in [0.15, 0.2) is 54.7 Å². The highest BCUT2D eigenvalue weighted by Gasteiger charge is 2.31. The molecule has 1 aromatic heterocycles. The van der Waals surface area contributed by atoms with Gasteiger partial charge in [-0.25, -0.2) is 9.97 Å². The molecular formula is C20H15ClF3N3O. The molecular weight excluding hydrogens is 391 g/mol. The number of nitrogens with zero attached hydrogens (tertiary/aromatic N) is 2. The number of hydrogen-bond acceptors (Lipinski definition) is 3. The van der Waals surface area contributed by atoms with Gasteiger partial charge in [0, 0.05) is 12.6 Å². The molecule has 0 saturated carbocycles. The largest absolute Gasteiger partial charge is 0.416 e. The first-order chi connectivity index (χ1) is 13.2. The van der Waals surface area contributed by atoms with Crippen LogP contribution in [0.5, 0.6) is 0 Å². The number of halogens is 4. The van der Waals surface area contributed by atoms with Crippen molar-refractivity contribution in [3.05, 3.63) is 88.0 Å². The van der Waals surface area contributed by atoms with Gasteiger partial charge in [0.1, 0.15) is 5.82 Å². The van der Waals surface area contributed by atoms with E-state index in [-0.39, 0.29) is 16.3 Å². The maximum Gasteiger partial charge on any atom is 0.416 e. The lowest BCUT2D eigenvalue weighted by Crippen LogP contribution is -2.16. The molecule has 0 aliphatic rings. The smallest absolute Gasteiger partial charge is 0.321 e. The molecule has 0 fully saturated rings. The van der Waals surface area contributed by atoms with E-state index in [4.69, 9.17) is 11.6 Å². The molecule has 0 atom stereocenters. The molecule has 0 aliphatic carbocycles. The van der Waals surface area contributed by atoms with Gasteiger partial charge < -0.3 is 5.32 Å². The average Bonchev–Trinajstić information content (AvgIpc) is 2.63. The summed E-state index contributed by atoms with van der Waals surface area (Å²) in [6.45, 7) is 1.64. The Morgan fingerprint density at radius 3 is 2.50 bits per heavy atom. The quantitative estimate of drug-likeness (QED) is 0.640. The first-order valence-corrected chi connectivity index (χ1v) is 8.66. The lowest BCUT2D eigenvalue weighted by atomic mass is 10.1. The second-order valence-corrected chi connectivity index (χ2v) is 6.50. The molecule has 28 heavy (non-hydrogen) atoms. The van der Waals surface area contributed by atoms with Crippen LogP contribution in [-0.4, -0.2) is 15.9 Å². The zero-order valence-corrected chi connectivity index (χ0v) is 15.5. The summed E-state index contributed by atoms with van der Waals surface area (Å²) >= 11 is 5.92. The van der Waals surface area contributed by atoms with E-state index in [0.717, 1.165) is 23.8 Å². The average molecular weight is 406 g/mol. The number of benzene rings is 2. The van der Waals surface area contributed by atoms with Crippen LogP contribution >= 0.6 is 11.6 Å². The molecule has 4 nitrogen and oxygen atoms in total. The third kappa shape index (κ3) is 4.67. The third-order valence-corrected chi connectivity index (χ3v) is 4.35. The SMILES string of the molecule is Cc1nc(Cc2ccccc2)ncc1C(=O)Nc1cc(C(F)(F)F)ccc1Cl. The van der Waals surface area contributed by atoms with Crippen LogP contribution in [0.3, 0.4) is 0 Å². The normalized spacial score (nSPS) is 11.3. The van der Waals surface area contributed by atoms with Crippen molar-refractivity contribution in [3.63, 3.8) is 0 Å². The number of alkyl halides is 3. The molecule has 0 radical (unpaired) electrons. The van der Waals surface area contributed by atoms with Crippen molar-refractivity contribution in [1.29, 1.82) is 0 Å². The maximum absolute atomic E-state index is 12.9. The minimum Gasteiger partial charge on any atom is -0.321 e.